The van der Waals surface area contributed by atoms with Crippen molar-refractivity contribution in [2.75, 3.05) is 0 Å². The van der Waals surface area contributed by atoms with Crippen molar-refractivity contribution >= 4 is 5.97 Å². The third-order valence-electron chi connectivity index (χ3n) is 2.64. The van der Waals surface area contributed by atoms with Crippen molar-refractivity contribution in [3.63, 3.8) is 0 Å². The second kappa shape index (κ2) is 3.38. The van der Waals surface area contributed by atoms with Crippen molar-refractivity contribution in [2.24, 2.45) is 0 Å². The molecule has 0 radical (unpaired) electrons. The van der Waals surface area contributed by atoms with Gasteiger partial charge in [0.1, 0.15) is 5.69 Å². The van der Waals surface area contributed by atoms with E-state index in [0.717, 1.165) is 29.9 Å². The average Bonchev–Trinajstić information content (AvgIpc) is 2.05. The maximum Gasteiger partial charge on any atom is 0.352 e. The van der Waals surface area contributed by atoms with E-state index >= 15 is 0 Å². The molecular formula is C9H10N2O4. The number of carboxylic acid groups (broad SMARTS) is 1. The molecule has 1 saturated carbocycles. The molecule has 1 fully saturated rings. The summed E-state index contributed by atoms with van der Waals surface area (Å²) >= 11 is 0. The molecule has 0 unspecified atom stereocenters. The molecule has 0 atom stereocenters. The van der Waals surface area contributed by atoms with Crippen LogP contribution in [0.4, 0.5) is 0 Å². The second-order valence-electron chi connectivity index (χ2n) is 3.58. The number of aromatic amines is 1. The number of hydrogen-bond acceptors (Lipinski definition) is 3. The molecule has 1 aliphatic carbocycles. The Labute approximate surface area is 84.2 Å². The molecule has 0 bridgehead atoms. The van der Waals surface area contributed by atoms with Crippen LogP contribution in [0.25, 0.3) is 0 Å². The molecule has 1 heterocycles. The summed E-state index contributed by atoms with van der Waals surface area (Å²) < 4.78 is 1.16. The fraction of sp³-hybridized carbons (Fsp3) is 0.444. The molecule has 0 spiro atoms. The van der Waals surface area contributed by atoms with Crippen LogP contribution in [0.2, 0.25) is 0 Å². The van der Waals surface area contributed by atoms with Gasteiger partial charge < -0.3 is 5.11 Å². The molecule has 0 aromatic carbocycles. The van der Waals surface area contributed by atoms with E-state index < -0.39 is 17.2 Å². The van der Waals surface area contributed by atoms with Crippen LogP contribution in [-0.4, -0.2) is 20.6 Å². The Balaban J connectivity index is 2.64. The zero-order valence-electron chi connectivity index (χ0n) is 7.90. The molecule has 6 nitrogen and oxygen atoms in total. The highest BCUT2D eigenvalue weighted by Gasteiger charge is 2.25. The summed E-state index contributed by atoms with van der Waals surface area (Å²) in [6, 6.07) is 0.864. The minimum atomic E-state index is -1.25. The van der Waals surface area contributed by atoms with E-state index in [-0.39, 0.29) is 11.7 Å². The van der Waals surface area contributed by atoms with Crippen LogP contribution >= 0.6 is 0 Å². The summed E-state index contributed by atoms with van der Waals surface area (Å²) in [5.41, 5.74) is -1.54. The molecule has 15 heavy (non-hydrogen) atoms. The molecule has 80 valence electrons. The van der Waals surface area contributed by atoms with Crippen LogP contribution in [0.15, 0.2) is 15.7 Å². The van der Waals surface area contributed by atoms with Crippen molar-refractivity contribution in [3.05, 3.63) is 32.6 Å². The summed E-state index contributed by atoms with van der Waals surface area (Å²) in [5, 5.41) is 8.87. The van der Waals surface area contributed by atoms with Gasteiger partial charge >= 0.3 is 11.7 Å². The lowest BCUT2D eigenvalue weighted by Gasteiger charge is -2.28. The Kier molecular flexibility index (Phi) is 2.18. The lowest BCUT2D eigenvalue weighted by molar-refractivity contribution is 0.0675. The zero-order valence-corrected chi connectivity index (χ0v) is 7.90. The number of carboxylic acids is 1. The standard InChI is InChI=1S/C9H10N2O4/c12-7-4-6(8(13)14)11(9(15)10-7)5-2-1-3-5/h4-5H,1-3H2,(H,13,14)(H,10,12,15). The SMILES string of the molecule is O=C(O)c1cc(=O)[nH]c(=O)n1C1CCC1. The van der Waals surface area contributed by atoms with Crippen molar-refractivity contribution in [2.45, 2.75) is 25.3 Å². The minimum Gasteiger partial charge on any atom is -0.477 e. The van der Waals surface area contributed by atoms with Crippen LogP contribution in [-0.2, 0) is 0 Å². The molecule has 2 rings (SSSR count). The second-order valence-corrected chi connectivity index (χ2v) is 3.58. The van der Waals surface area contributed by atoms with Gasteiger partial charge in [-0.15, -0.1) is 0 Å². The first-order valence-electron chi connectivity index (χ1n) is 4.69. The lowest BCUT2D eigenvalue weighted by atomic mass is 9.92. The van der Waals surface area contributed by atoms with Gasteiger partial charge in [0.05, 0.1) is 0 Å². The molecule has 6 heteroatoms. The van der Waals surface area contributed by atoms with Gasteiger partial charge in [0.25, 0.3) is 5.56 Å². The Morgan fingerprint density at radius 2 is 2.13 bits per heavy atom. The third-order valence-corrected chi connectivity index (χ3v) is 2.64. The summed E-state index contributed by atoms with van der Waals surface area (Å²) in [6.45, 7) is 0. The molecule has 1 aromatic heterocycles. The molecule has 0 aliphatic heterocycles. The summed E-state index contributed by atoms with van der Waals surface area (Å²) in [5.74, 6) is -1.25. The molecule has 1 aliphatic rings. The van der Waals surface area contributed by atoms with Crippen molar-refractivity contribution in [1.29, 1.82) is 0 Å². The first kappa shape index (κ1) is 9.70. The van der Waals surface area contributed by atoms with Crippen molar-refractivity contribution in [3.8, 4) is 0 Å². The number of nitrogens with one attached hydrogen (secondary N) is 1. The Morgan fingerprint density at radius 1 is 1.47 bits per heavy atom. The number of carbonyl (C=O) groups is 1. The average molecular weight is 210 g/mol. The molecule has 1 aromatic rings. The first-order chi connectivity index (χ1) is 7.09. The van der Waals surface area contributed by atoms with Crippen LogP contribution in [0.5, 0.6) is 0 Å². The van der Waals surface area contributed by atoms with Gasteiger partial charge in [0, 0.05) is 12.1 Å². The lowest BCUT2D eigenvalue weighted by Crippen LogP contribution is -2.38. The number of aromatic nitrogens is 2. The number of H-pyrrole nitrogens is 1. The summed E-state index contributed by atoms with van der Waals surface area (Å²) in [7, 11) is 0. The normalized spacial score (nSPS) is 16.0. The maximum atomic E-state index is 11.4. The molecule has 0 saturated heterocycles. The van der Waals surface area contributed by atoms with Gasteiger partial charge in [0.2, 0.25) is 0 Å². The van der Waals surface area contributed by atoms with E-state index in [1.807, 2.05) is 0 Å². The van der Waals surface area contributed by atoms with E-state index in [4.69, 9.17) is 5.11 Å². The van der Waals surface area contributed by atoms with E-state index in [0.29, 0.717) is 0 Å². The number of nitrogens with zero attached hydrogens (tertiary/aromatic N) is 1. The smallest absolute Gasteiger partial charge is 0.352 e. The number of hydrogen-bond donors (Lipinski definition) is 2. The predicted molar refractivity (Wildman–Crippen MR) is 51.2 cm³/mol. The largest absolute Gasteiger partial charge is 0.477 e. The Hall–Kier alpha value is -1.85. The maximum absolute atomic E-state index is 11.4. The fourth-order valence-electron chi connectivity index (χ4n) is 1.68. The van der Waals surface area contributed by atoms with Gasteiger partial charge in [-0.25, -0.2) is 9.59 Å². The number of aromatic carboxylic acids is 1. The zero-order chi connectivity index (χ0) is 11.0. The Morgan fingerprint density at radius 3 is 2.60 bits per heavy atom. The molecular weight excluding hydrogens is 200 g/mol. The minimum absolute atomic E-state index is 0.0829. The molecule has 0 amide bonds. The predicted octanol–water partition coefficient (Wildman–Crippen LogP) is -0.0402. The van der Waals surface area contributed by atoms with Crippen molar-refractivity contribution < 1.29 is 9.90 Å². The van der Waals surface area contributed by atoms with Gasteiger partial charge in [-0.3, -0.25) is 14.3 Å². The third kappa shape index (κ3) is 1.58. The van der Waals surface area contributed by atoms with Crippen LogP contribution in [0.3, 0.4) is 0 Å². The van der Waals surface area contributed by atoms with Crippen LogP contribution < -0.4 is 11.2 Å². The monoisotopic (exact) mass is 210 g/mol. The van der Waals surface area contributed by atoms with E-state index in [1.54, 1.807) is 0 Å². The van der Waals surface area contributed by atoms with Crippen LogP contribution in [0, 0.1) is 0 Å². The summed E-state index contributed by atoms with van der Waals surface area (Å²) in [6.07, 6.45) is 2.55. The number of rotatable bonds is 2. The summed E-state index contributed by atoms with van der Waals surface area (Å²) in [4.78, 5) is 35.3. The Bertz CT molecular complexity index is 510. The van der Waals surface area contributed by atoms with Gasteiger partial charge in [-0.2, -0.15) is 0 Å². The topological polar surface area (TPSA) is 92.2 Å². The highest BCUT2D eigenvalue weighted by atomic mass is 16.4. The molecule has 2 N–H and O–H groups in total. The van der Waals surface area contributed by atoms with Gasteiger partial charge in [-0.05, 0) is 19.3 Å². The van der Waals surface area contributed by atoms with Gasteiger partial charge in [-0.1, -0.05) is 0 Å². The van der Waals surface area contributed by atoms with Gasteiger partial charge in [0.15, 0.2) is 0 Å². The van der Waals surface area contributed by atoms with E-state index in [9.17, 15) is 14.4 Å². The first-order valence-corrected chi connectivity index (χ1v) is 4.69. The van der Waals surface area contributed by atoms with E-state index in [1.165, 1.54) is 0 Å². The van der Waals surface area contributed by atoms with Crippen molar-refractivity contribution in [1.82, 2.24) is 9.55 Å². The van der Waals surface area contributed by atoms with Crippen LogP contribution in [0.1, 0.15) is 35.8 Å². The fourth-order valence-corrected chi connectivity index (χ4v) is 1.68. The highest BCUT2D eigenvalue weighted by Crippen LogP contribution is 2.30. The quantitative estimate of drug-likeness (QED) is 0.716. The highest BCUT2D eigenvalue weighted by molar-refractivity contribution is 5.85. The van der Waals surface area contributed by atoms with E-state index in [2.05, 4.69) is 4.98 Å².